The zero-order valence-corrected chi connectivity index (χ0v) is 14.2. The summed E-state index contributed by atoms with van der Waals surface area (Å²) in [5, 5.41) is 0. The van der Waals surface area contributed by atoms with E-state index in [0.717, 1.165) is 21.7 Å². The smallest absolute Gasteiger partial charge is 0.245 e. The Bertz CT molecular complexity index is 903. The summed E-state index contributed by atoms with van der Waals surface area (Å²) in [5.41, 5.74) is 4.56. The number of rotatable bonds is 2. The first-order valence-corrected chi connectivity index (χ1v) is 8.25. The van der Waals surface area contributed by atoms with Crippen molar-refractivity contribution in [3.8, 4) is 21.7 Å². The molecule has 0 fully saturated rings. The van der Waals surface area contributed by atoms with Crippen LogP contribution in [0.4, 0.5) is 0 Å². The van der Waals surface area contributed by atoms with Crippen LogP contribution in [-0.2, 0) is 11.8 Å². The van der Waals surface area contributed by atoms with Crippen LogP contribution in [0, 0.1) is 6.92 Å². The van der Waals surface area contributed by atoms with Gasteiger partial charge in [-0.3, -0.25) is 4.79 Å². The fourth-order valence-electron chi connectivity index (χ4n) is 2.51. The molecule has 0 radical (unpaired) electrons. The molecule has 1 heterocycles. The van der Waals surface area contributed by atoms with Crippen molar-refractivity contribution in [3.05, 3.63) is 65.0 Å². The van der Waals surface area contributed by atoms with Gasteiger partial charge in [-0.2, -0.15) is 4.99 Å². The summed E-state index contributed by atoms with van der Waals surface area (Å²) in [4.78, 5) is 17.4. The van der Waals surface area contributed by atoms with Crippen molar-refractivity contribution >= 4 is 17.2 Å². The molecule has 116 valence electrons. The molecule has 0 unspecified atom stereocenters. The number of aryl methyl sites for hydroxylation is 1. The van der Waals surface area contributed by atoms with Gasteiger partial charge in [0.15, 0.2) is 4.80 Å². The normalized spacial score (nSPS) is 11.7. The highest BCUT2D eigenvalue weighted by atomic mass is 32.1. The van der Waals surface area contributed by atoms with Gasteiger partial charge in [0.1, 0.15) is 0 Å². The van der Waals surface area contributed by atoms with Gasteiger partial charge in [0.05, 0.1) is 10.6 Å². The van der Waals surface area contributed by atoms with Crippen molar-refractivity contribution in [1.29, 1.82) is 0 Å². The molecular weight excluding hydrogens is 304 g/mol. The number of benzene rings is 2. The third-order valence-electron chi connectivity index (χ3n) is 3.64. The fourth-order valence-corrected chi connectivity index (χ4v) is 3.70. The summed E-state index contributed by atoms with van der Waals surface area (Å²) >= 11 is 1.54. The van der Waals surface area contributed by atoms with E-state index in [1.165, 1.54) is 12.5 Å². The molecule has 3 nitrogen and oxygen atoms in total. The number of carbonyl (C=O) groups is 1. The molecule has 0 N–H and O–H groups in total. The van der Waals surface area contributed by atoms with Crippen molar-refractivity contribution in [2.75, 3.05) is 0 Å². The van der Waals surface area contributed by atoms with Crippen LogP contribution in [0.3, 0.4) is 0 Å². The van der Waals surface area contributed by atoms with Crippen molar-refractivity contribution in [3.63, 3.8) is 0 Å². The van der Waals surface area contributed by atoms with E-state index in [4.69, 9.17) is 0 Å². The Morgan fingerprint density at radius 1 is 1.00 bits per heavy atom. The first-order chi connectivity index (χ1) is 11.1. The lowest BCUT2D eigenvalue weighted by Gasteiger charge is -2.07. The molecular formula is C19H18N2OS. The van der Waals surface area contributed by atoms with Crippen molar-refractivity contribution in [2.24, 2.45) is 12.0 Å². The van der Waals surface area contributed by atoms with Gasteiger partial charge in [0.25, 0.3) is 0 Å². The maximum atomic E-state index is 11.4. The summed E-state index contributed by atoms with van der Waals surface area (Å²) < 4.78 is 2.00. The van der Waals surface area contributed by atoms with E-state index in [9.17, 15) is 4.79 Å². The number of thiazole rings is 1. The highest BCUT2D eigenvalue weighted by Crippen LogP contribution is 2.34. The van der Waals surface area contributed by atoms with Gasteiger partial charge >= 0.3 is 0 Å². The second-order valence-electron chi connectivity index (χ2n) is 5.48. The summed E-state index contributed by atoms with van der Waals surface area (Å²) in [7, 11) is 1.96. The number of aromatic nitrogens is 1. The molecule has 0 spiro atoms. The second kappa shape index (κ2) is 6.34. The molecule has 4 heteroatoms. The summed E-state index contributed by atoms with van der Waals surface area (Å²) in [5.74, 6) is -0.183. The molecule has 0 saturated carbocycles. The quantitative estimate of drug-likeness (QED) is 0.697. The SMILES string of the molecule is CC(=O)N=c1sc(-c2ccccc2)c(-c2ccc(C)cc2)n1C. The van der Waals surface area contributed by atoms with E-state index < -0.39 is 0 Å². The number of hydrogen-bond acceptors (Lipinski definition) is 2. The summed E-state index contributed by atoms with van der Waals surface area (Å²) in [6.45, 7) is 3.56. The molecule has 0 saturated heterocycles. The lowest BCUT2D eigenvalue weighted by Crippen LogP contribution is -2.13. The standard InChI is InChI=1S/C19H18N2OS/c1-13-9-11-15(12-10-13)17-18(16-7-5-4-6-8-16)23-19(21(17)3)20-14(2)22/h4-12H,1-3H3. The Hall–Kier alpha value is -2.46. The summed E-state index contributed by atoms with van der Waals surface area (Å²) in [6.07, 6.45) is 0. The zero-order valence-electron chi connectivity index (χ0n) is 13.4. The van der Waals surface area contributed by atoms with E-state index in [1.807, 2.05) is 29.8 Å². The van der Waals surface area contributed by atoms with E-state index in [-0.39, 0.29) is 5.91 Å². The van der Waals surface area contributed by atoms with Gasteiger partial charge < -0.3 is 4.57 Å². The average molecular weight is 322 g/mol. The van der Waals surface area contributed by atoms with Crippen LogP contribution in [0.15, 0.2) is 59.6 Å². The van der Waals surface area contributed by atoms with Crippen molar-refractivity contribution in [2.45, 2.75) is 13.8 Å². The molecule has 0 aliphatic heterocycles. The molecule has 0 atom stereocenters. The number of amides is 1. The predicted octanol–water partition coefficient (Wildman–Crippen LogP) is 4.18. The van der Waals surface area contributed by atoms with Gasteiger partial charge in [0.2, 0.25) is 5.91 Å². The van der Waals surface area contributed by atoms with Gasteiger partial charge in [-0.1, -0.05) is 71.5 Å². The van der Waals surface area contributed by atoms with Crippen LogP contribution in [0.1, 0.15) is 12.5 Å². The van der Waals surface area contributed by atoms with Crippen LogP contribution >= 0.6 is 11.3 Å². The molecule has 0 aliphatic rings. The Labute approximate surface area is 139 Å². The minimum absolute atomic E-state index is 0.183. The van der Waals surface area contributed by atoms with Gasteiger partial charge in [-0.05, 0) is 18.1 Å². The minimum Gasteiger partial charge on any atom is -0.319 e. The largest absolute Gasteiger partial charge is 0.319 e. The third-order valence-corrected chi connectivity index (χ3v) is 4.83. The Kier molecular flexibility index (Phi) is 4.26. The first-order valence-electron chi connectivity index (χ1n) is 7.44. The maximum absolute atomic E-state index is 11.4. The highest BCUT2D eigenvalue weighted by molar-refractivity contribution is 7.13. The monoisotopic (exact) mass is 322 g/mol. The molecule has 1 aromatic heterocycles. The Morgan fingerprint density at radius 2 is 1.65 bits per heavy atom. The molecule has 23 heavy (non-hydrogen) atoms. The maximum Gasteiger partial charge on any atom is 0.245 e. The van der Waals surface area contributed by atoms with Crippen LogP contribution in [0.2, 0.25) is 0 Å². The molecule has 0 bridgehead atoms. The molecule has 2 aromatic carbocycles. The molecule has 3 rings (SSSR count). The minimum atomic E-state index is -0.183. The van der Waals surface area contributed by atoms with E-state index in [0.29, 0.717) is 4.80 Å². The van der Waals surface area contributed by atoms with E-state index in [1.54, 1.807) is 11.3 Å². The van der Waals surface area contributed by atoms with Gasteiger partial charge in [-0.25, -0.2) is 0 Å². The van der Waals surface area contributed by atoms with Gasteiger partial charge in [0, 0.05) is 14.0 Å². The van der Waals surface area contributed by atoms with Crippen LogP contribution < -0.4 is 4.80 Å². The highest BCUT2D eigenvalue weighted by Gasteiger charge is 2.15. The van der Waals surface area contributed by atoms with Crippen LogP contribution in [0.5, 0.6) is 0 Å². The van der Waals surface area contributed by atoms with E-state index >= 15 is 0 Å². The molecule has 0 aliphatic carbocycles. The number of hydrogen-bond donors (Lipinski definition) is 0. The van der Waals surface area contributed by atoms with Gasteiger partial charge in [-0.15, -0.1) is 0 Å². The predicted molar refractivity (Wildman–Crippen MR) is 95.1 cm³/mol. The lowest BCUT2D eigenvalue weighted by atomic mass is 10.1. The van der Waals surface area contributed by atoms with Crippen molar-refractivity contribution in [1.82, 2.24) is 4.57 Å². The van der Waals surface area contributed by atoms with Crippen molar-refractivity contribution < 1.29 is 4.79 Å². The topological polar surface area (TPSA) is 34.4 Å². The average Bonchev–Trinajstić information content (AvgIpc) is 2.85. The summed E-state index contributed by atoms with van der Waals surface area (Å²) in [6, 6.07) is 18.6. The second-order valence-corrected chi connectivity index (χ2v) is 6.46. The number of nitrogens with zero attached hydrogens (tertiary/aromatic N) is 2. The van der Waals surface area contributed by atoms with Crippen LogP contribution in [-0.4, -0.2) is 10.5 Å². The van der Waals surface area contributed by atoms with Crippen LogP contribution in [0.25, 0.3) is 21.7 Å². The fraction of sp³-hybridized carbons (Fsp3) is 0.158. The number of carbonyl (C=O) groups excluding carboxylic acids is 1. The lowest BCUT2D eigenvalue weighted by molar-refractivity contribution is -0.116. The Balaban J connectivity index is 2.30. The third kappa shape index (κ3) is 3.17. The first kappa shape index (κ1) is 15.4. The molecule has 1 amide bonds. The Morgan fingerprint density at radius 3 is 2.26 bits per heavy atom. The molecule has 3 aromatic rings. The van der Waals surface area contributed by atoms with E-state index in [2.05, 4.69) is 48.3 Å². The zero-order chi connectivity index (χ0) is 16.4.